The maximum Gasteiger partial charge on any atom is -0.0142 e. The van der Waals surface area contributed by atoms with Crippen LogP contribution in [-0.2, 0) is 0 Å². The minimum absolute atomic E-state index is 0.377. The van der Waals surface area contributed by atoms with Crippen LogP contribution < -0.4 is 0 Å². The minimum Gasteiger partial charge on any atom is -0.0856 e. The van der Waals surface area contributed by atoms with Crippen LogP contribution in [0.3, 0.4) is 0 Å². The molecule has 1 aliphatic rings. The normalized spacial score (nSPS) is 18.3. The monoisotopic (exact) mass is 538 g/mol. The van der Waals surface area contributed by atoms with E-state index in [2.05, 4.69) is 154 Å². The van der Waals surface area contributed by atoms with E-state index >= 15 is 0 Å². The maximum atomic E-state index is 2.42. The molecular formula is C40H58. The van der Waals surface area contributed by atoms with Gasteiger partial charge in [0.1, 0.15) is 0 Å². The number of hydrogen-bond acceptors (Lipinski definition) is 0. The Hall–Kier alpha value is -2.86. The fourth-order valence-electron chi connectivity index (χ4n) is 4.97. The molecule has 0 aromatic rings. The van der Waals surface area contributed by atoms with Gasteiger partial charge in [-0.2, -0.15) is 0 Å². The zero-order valence-corrected chi connectivity index (χ0v) is 27.5. The predicted octanol–water partition coefficient (Wildman–Crippen LogP) is 13.0. The molecule has 0 aliphatic heterocycles. The highest BCUT2D eigenvalue weighted by Crippen LogP contribution is 2.42. The smallest absolute Gasteiger partial charge is 0.0142 e. The predicted molar refractivity (Wildman–Crippen MR) is 184 cm³/mol. The maximum absolute atomic E-state index is 2.42. The van der Waals surface area contributed by atoms with Crippen LogP contribution in [-0.4, -0.2) is 0 Å². The summed E-state index contributed by atoms with van der Waals surface area (Å²) in [6.07, 6.45) is 39.0. The molecule has 0 saturated heterocycles. The van der Waals surface area contributed by atoms with Gasteiger partial charge >= 0.3 is 0 Å². The molecular weight excluding hydrogens is 480 g/mol. The molecule has 0 heteroatoms. The van der Waals surface area contributed by atoms with Crippen molar-refractivity contribution >= 4 is 0 Å². The molecule has 1 aliphatic carbocycles. The summed E-state index contributed by atoms with van der Waals surface area (Å²) in [5.74, 6) is 0. The molecule has 0 unspecified atom stereocenters. The Morgan fingerprint density at radius 1 is 0.650 bits per heavy atom. The van der Waals surface area contributed by atoms with Crippen LogP contribution >= 0.6 is 0 Å². The van der Waals surface area contributed by atoms with E-state index < -0.39 is 0 Å². The Balaban J connectivity index is 2.52. The van der Waals surface area contributed by atoms with Gasteiger partial charge in [-0.1, -0.05) is 143 Å². The second kappa shape index (κ2) is 19.3. The largest absolute Gasteiger partial charge is 0.0856 e. The summed E-state index contributed by atoms with van der Waals surface area (Å²) >= 11 is 0. The van der Waals surface area contributed by atoms with Crippen molar-refractivity contribution in [3.05, 3.63) is 130 Å². The van der Waals surface area contributed by atoms with E-state index in [9.17, 15) is 0 Å². The van der Waals surface area contributed by atoms with Crippen LogP contribution in [0.4, 0.5) is 0 Å². The summed E-state index contributed by atoms with van der Waals surface area (Å²) in [5.41, 5.74) is 11.7. The van der Waals surface area contributed by atoms with Crippen molar-refractivity contribution in [3.8, 4) is 0 Å². The SMILES string of the molecule is CC(C)=CCC/C(C)=C/C=C/C(C)=C/C=C/C(C)=C/C=C/C=C(C)/C=C/C=C(\C)CCC1=C(C)CCCC1(C)C. The second-order valence-electron chi connectivity index (χ2n) is 12.5. The van der Waals surface area contributed by atoms with Gasteiger partial charge in [0.05, 0.1) is 0 Å². The summed E-state index contributed by atoms with van der Waals surface area (Å²) in [5, 5.41) is 0. The van der Waals surface area contributed by atoms with Crippen LogP contribution in [0, 0.1) is 5.41 Å². The molecule has 0 heterocycles. The average molecular weight is 539 g/mol. The van der Waals surface area contributed by atoms with Crippen molar-refractivity contribution in [3.63, 3.8) is 0 Å². The Morgan fingerprint density at radius 2 is 1.12 bits per heavy atom. The second-order valence-corrected chi connectivity index (χ2v) is 12.5. The molecule has 0 atom stereocenters. The lowest BCUT2D eigenvalue weighted by molar-refractivity contribution is 0.354. The fraction of sp³-hybridized carbons (Fsp3) is 0.450. The van der Waals surface area contributed by atoms with Gasteiger partial charge in [0.2, 0.25) is 0 Å². The van der Waals surface area contributed by atoms with Gasteiger partial charge in [0.25, 0.3) is 0 Å². The Kier molecular flexibility index (Phi) is 16.9. The van der Waals surface area contributed by atoms with Gasteiger partial charge in [-0.25, -0.2) is 0 Å². The lowest BCUT2D eigenvalue weighted by Crippen LogP contribution is -2.20. The Morgan fingerprint density at radius 3 is 1.62 bits per heavy atom. The van der Waals surface area contributed by atoms with E-state index in [1.807, 2.05) is 0 Å². The number of rotatable bonds is 14. The van der Waals surface area contributed by atoms with Gasteiger partial charge in [-0.3, -0.25) is 0 Å². The van der Waals surface area contributed by atoms with Crippen molar-refractivity contribution in [1.29, 1.82) is 0 Å². The molecule has 0 aromatic heterocycles. The van der Waals surface area contributed by atoms with E-state index in [1.165, 1.54) is 59.1 Å². The molecule has 0 spiro atoms. The molecule has 0 bridgehead atoms. The molecule has 1 rings (SSSR count). The summed E-state index contributed by atoms with van der Waals surface area (Å²) in [7, 11) is 0. The van der Waals surface area contributed by atoms with E-state index in [0.717, 1.165) is 19.3 Å². The Bertz CT molecular complexity index is 1130. The summed E-state index contributed by atoms with van der Waals surface area (Å²) in [6.45, 7) is 22.4. The fourth-order valence-corrected chi connectivity index (χ4v) is 4.97. The van der Waals surface area contributed by atoms with Gasteiger partial charge < -0.3 is 0 Å². The zero-order chi connectivity index (χ0) is 30.0. The average Bonchev–Trinajstić information content (AvgIpc) is 2.85. The molecule has 0 fully saturated rings. The molecule has 0 radical (unpaired) electrons. The first kappa shape index (κ1) is 35.2. The topological polar surface area (TPSA) is 0 Å². The summed E-state index contributed by atoms with van der Waals surface area (Å²) < 4.78 is 0. The van der Waals surface area contributed by atoms with Gasteiger partial charge in [-0.05, 0) is 106 Å². The van der Waals surface area contributed by atoms with Gasteiger partial charge in [-0.15, -0.1) is 0 Å². The standard InChI is InChI=1S/C40H58/c1-32(2)18-13-21-35(5)24-15-26-36(6)25-14-22-33(3)19-11-12-20-34(4)23-16-27-37(7)29-30-39-38(8)28-17-31-40(39,9)10/h11-12,14-16,18-20,22-27H,13,17,21,28-31H2,1-10H3/b12-11+,22-14+,23-16+,26-15+,33-19+,34-20+,35-24+,36-25+,37-27+. The van der Waals surface area contributed by atoms with Gasteiger partial charge in [0.15, 0.2) is 0 Å². The van der Waals surface area contributed by atoms with Crippen LogP contribution in [0.1, 0.15) is 114 Å². The van der Waals surface area contributed by atoms with Crippen LogP contribution in [0.15, 0.2) is 130 Å². The van der Waals surface area contributed by atoms with Crippen molar-refractivity contribution in [2.75, 3.05) is 0 Å². The molecule has 0 nitrogen and oxygen atoms in total. The van der Waals surface area contributed by atoms with Crippen molar-refractivity contribution in [2.24, 2.45) is 5.41 Å². The highest BCUT2D eigenvalue weighted by Gasteiger charge is 2.27. The van der Waals surface area contributed by atoms with Gasteiger partial charge in [0, 0.05) is 0 Å². The summed E-state index contributed by atoms with van der Waals surface area (Å²) in [6, 6.07) is 0. The van der Waals surface area contributed by atoms with Crippen molar-refractivity contribution in [1.82, 2.24) is 0 Å². The van der Waals surface area contributed by atoms with E-state index in [0.29, 0.717) is 5.41 Å². The lowest BCUT2D eigenvalue weighted by Gasteiger charge is -2.34. The molecule has 0 amide bonds. The van der Waals surface area contributed by atoms with E-state index in [-0.39, 0.29) is 0 Å². The van der Waals surface area contributed by atoms with Crippen LogP contribution in [0.5, 0.6) is 0 Å². The van der Waals surface area contributed by atoms with Crippen LogP contribution in [0.2, 0.25) is 0 Å². The third-order valence-electron chi connectivity index (χ3n) is 7.57. The highest BCUT2D eigenvalue weighted by atomic mass is 14.3. The van der Waals surface area contributed by atoms with Crippen molar-refractivity contribution in [2.45, 2.75) is 114 Å². The lowest BCUT2D eigenvalue weighted by atomic mass is 9.71. The van der Waals surface area contributed by atoms with E-state index in [1.54, 1.807) is 11.1 Å². The molecule has 218 valence electrons. The molecule has 0 aromatic carbocycles. The number of allylic oxidation sites excluding steroid dienone is 22. The highest BCUT2D eigenvalue weighted by molar-refractivity contribution is 5.32. The third kappa shape index (κ3) is 16.3. The first-order valence-electron chi connectivity index (χ1n) is 15.3. The van der Waals surface area contributed by atoms with Crippen LogP contribution in [0.25, 0.3) is 0 Å². The first-order chi connectivity index (χ1) is 18.9. The van der Waals surface area contributed by atoms with E-state index in [4.69, 9.17) is 0 Å². The number of hydrogen-bond donors (Lipinski definition) is 0. The third-order valence-corrected chi connectivity index (χ3v) is 7.57. The minimum atomic E-state index is 0.377. The summed E-state index contributed by atoms with van der Waals surface area (Å²) in [4.78, 5) is 0. The molecule has 0 saturated carbocycles. The first-order valence-corrected chi connectivity index (χ1v) is 15.3. The quantitative estimate of drug-likeness (QED) is 0.152. The molecule has 40 heavy (non-hydrogen) atoms. The zero-order valence-electron chi connectivity index (χ0n) is 27.5. The Labute approximate surface area is 248 Å². The van der Waals surface area contributed by atoms with Crippen molar-refractivity contribution < 1.29 is 0 Å². The molecule has 0 N–H and O–H groups in total.